The van der Waals surface area contributed by atoms with Crippen molar-refractivity contribution in [2.24, 2.45) is 0 Å². The second-order valence-electron chi connectivity index (χ2n) is 7.84. The van der Waals surface area contributed by atoms with Gasteiger partial charge in [0.25, 0.3) is 5.52 Å². The summed E-state index contributed by atoms with van der Waals surface area (Å²) in [6.07, 6.45) is 29.6. The molecule has 3 nitrogen and oxygen atoms in total. The highest BCUT2D eigenvalue weighted by Gasteiger charge is 2.14. The van der Waals surface area contributed by atoms with Gasteiger partial charge in [-0.05, 0) is 57.1 Å². The minimum absolute atomic E-state index is 0.206. The topological polar surface area (TPSA) is 30.2 Å². The molecule has 0 radical (unpaired) electrons. The summed E-state index contributed by atoms with van der Waals surface area (Å²) in [5.74, 6) is -0.206. The molecule has 32 heavy (non-hydrogen) atoms. The number of aromatic nitrogens is 1. The van der Waals surface area contributed by atoms with Gasteiger partial charge in [0.2, 0.25) is 6.20 Å². The molecule has 3 heteroatoms. The molecule has 2 rings (SSSR count). The molecule has 2 aromatic rings. The first-order valence-corrected chi connectivity index (χ1v) is 12.0. The molecule has 0 spiro atoms. The van der Waals surface area contributed by atoms with Crippen LogP contribution in [-0.4, -0.2) is 5.97 Å². The Labute approximate surface area is 193 Å². The Balaban J connectivity index is 1.51. The minimum Gasteiger partial charge on any atom is -0.245 e. The molecule has 0 amide bonds. The number of hydrogen-bond donors (Lipinski definition) is 0. The van der Waals surface area contributed by atoms with E-state index in [1.807, 2.05) is 36.4 Å². The van der Waals surface area contributed by atoms with E-state index in [1.54, 1.807) is 10.9 Å². The van der Waals surface area contributed by atoms with Crippen LogP contribution in [0.3, 0.4) is 0 Å². The Bertz CT molecular complexity index is 903. The van der Waals surface area contributed by atoms with E-state index in [9.17, 15) is 4.79 Å². The molecule has 0 saturated heterocycles. The molecule has 1 aromatic carbocycles. The van der Waals surface area contributed by atoms with E-state index in [0.29, 0.717) is 6.42 Å². The first-order chi connectivity index (χ1) is 15.8. The van der Waals surface area contributed by atoms with E-state index in [2.05, 4.69) is 55.5 Å². The van der Waals surface area contributed by atoms with Gasteiger partial charge in [0.05, 0.1) is 11.8 Å². The highest BCUT2D eigenvalue weighted by Crippen LogP contribution is 2.07. The summed E-state index contributed by atoms with van der Waals surface area (Å²) in [5, 5.41) is 1.05. The molecule has 0 aliphatic carbocycles. The van der Waals surface area contributed by atoms with Crippen molar-refractivity contribution in [1.82, 2.24) is 0 Å². The molecule has 1 aromatic heterocycles. The van der Waals surface area contributed by atoms with Crippen LogP contribution in [0.5, 0.6) is 0 Å². The standard InChI is InChI=1S/C29H38NO2/c1-2-3-4-5-6-7-8-9-10-11-12-13-14-15-16-17-18-25-29(31)32-30-26-21-23-27-22-19-20-24-28(27)30/h6-7,9-10,12-13,15-16,19-24,26H,2-5,8,11,14,17-18,25H2,1H3/q+1. The van der Waals surface area contributed by atoms with Crippen LogP contribution in [0.2, 0.25) is 0 Å². The third kappa shape index (κ3) is 10.9. The van der Waals surface area contributed by atoms with Crippen LogP contribution in [0.4, 0.5) is 0 Å². The average Bonchev–Trinajstić information content (AvgIpc) is 2.81. The van der Waals surface area contributed by atoms with Gasteiger partial charge in [-0.1, -0.05) is 80.5 Å². The predicted molar refractivity (Wildman–Crippen MR) is 134 cm³/mol. The Morgan fingerprint density at radius 3 is 2.06 bits per heavy atom. The number of benzene rings is 1. The summed E-state index contributed by atoms with van der Waals surface area (Å²) >= 11 is 0. The molecule has 170 valence electrons. The maximum absolute atomic E-state index is 12.1. The summed E-state index contributed by atoms with van der Waals surface area (Å²) < 4.78 is 1.55. The SMILES string of the molecule is CCCCCC=CCC=CCC=CCC=CCCCC(=O)O[n+]1cccc2ccccc21. The number of unbranched alkanes of at least 4 members (excludes halogenated alkanes) is 4. The highest BCUT2D eigenvalue weighted by molar-refractivity contribution is 5.75. The summed E-state index contributed by atoms with van der Waals surface area (Å²) in [6.45, 7) is 2.24. The van der Waals surface area contributed by atoms with Crippen LogP contribution in [0.1, 0.15) is 71.1 Å². The number of fused-ring (bicyclic) bond motifs is 1. The summed E-state index contributed by atoms with van der Waals surface area (Å²) in [6, 6.07) is 11.7. The number of allylic oxidation sites excluding steroid dienone is 8. The van der Waals surface area contributed by atoms with Gasteiger partial charge in [0.15, 0.2) is 0 Å². The average molecular weight is 433 g/mol. The first kappa shape index (κ1) is 25.3. The second-order valence-corrected chi connectivity index (χ2v) is 7.84. The largest absolute Gasteiger partial charge is 0.380 e. The van der Waals surface area contributed by atoms with Crippen molar-refractivity contribution >= 4 is 16.9 Å². The van der Waals surface area contributed by atoms with Crippen molar-refractivity contribution in [3.05, 3.63) is 91.2 Å². The van der Waals surface area contributed by atoms with Gasteiger partial charge in [-0.25, -0.2) is 4.79 Å². The lowest BCUT2D eigenvalue weighted by molar-refractivity contribution is -0.848. The Hall–Kier alpha value is -2.94. The van der Waals surface area contributed by atoms with E-state index in [0.717, 1.165) is 43.0 Å². The van der Waals surface area contributed by atoms with Crippen molar-refractivity contribution in [3.63, 3.8) is 0 Å². The lowest BCUT2D eigenvalue weighted by Crippen LogP contribution is -2.46. The number of carbonyl (C=O) groups excluding carboxylic acids is 1. The van der Waals surface area contributed by atoms with Crippen molar-refractivity contribution in [2.75, 3.05) is 0 Å². The monoisotopic (exact) mass is 432 g/mol. The van der Waals surface area contributed by atoms with E-state index >= 15 is 0 Å². The Morgan fingerprint density at radius 1 is 0.781 bits per heavy atom. The summed E-state index contributed by atoms with van der Waals surface area (Å²) in [4.78, 5) is 17.6. The number of hydrogen-bond acceptors (Lipinski definition) is 2. The molecule has 0 aliphatic heterocycles. The van der Waals surface area contributed by atoms with E-state index in [1.165, 1.54) is 25.7 Å². The van der Waals surface area contributed by atoms with Crippen molar-refractivity contribution in [2.45, 2.75) is 71.1 Å². The third-order valence-electron chi connectivity index (χ3n) is 5.08. The molecule has 0 unspecified atom stereocenters. The predicted octanol–water partition coefficient (Wildman–Crippen LogP) is 7.23. The molecule has 0 saturated carbocycles. The minimum atomic E-state index is -0.206. The van der Waals surface area contributed by atoms with Crippen molar-refractivity contribution in [3.8, 4) is 0 Å². The zero-order valence-electron chi connectivity index (χ0n) is 19.5. The van der Waals surface area contributed by atoms with E-state index in [4.69, 9.17) is 4.84 Å². The smallest absolute Gasteiger partial charge is 0.245 e. The van der Waals surface area contributed by atoms with Crippen LogP contribution in [0, 0.1) is 0 Å². The fourth-order valence-electron chi connectivity index (χ4n) is 3.29. The van der Waals surface area contributed by atoms with Gasteiger partial charge >= 0.3 is 5.97 Å². The third-order valence-corrected chi connectivity index (χ3v) is 5.08. The first-order valence-electron chi connectivity index (χ1n) is 12.0. The van der Waals surface area contributed by atoms with Gasteiger partial charge in [-0.2, -0.15) is 4.84 Å². The van der Waals surface area contributed by atoms with Crippen LogP contribution in [0.25, 0.3) is 10.9 Å². The number of pyridine rings is 1. The second kappa shape index (κ2) is 16.7. The molecule has 0 atom stereocenters. The maximum Gasteiger partial charge on any atom is 0.380 e. The Kier molecular flexibility index (Phi) is 13.2. The van der Waals surface area contributed by atoms with E-state index < -0.39 is 0 Å². The van der Waals surface area contributed by atoms with Crippen LogP contribution in [-0.2, 0) is 4.79 Å². The van der Waals surface area contributed by atoms with Crippen molar-refractivity contribution in [1.29, 1.82) is 0 Å². The summed E-state index contributed by atoms with van der Waals surface area (Å²) in [7, 11) is 0. The van der Waals surface area contributed by atoms with Crippen molar-refractivity contribution < 1.29 is 14.4 Å². The lowest BCUT2D eigenvalue weighted by Gasteiger charge is -1.99. The van der Waals surface area contributed by atoms with Crippen LogP contribution >= 0.6 is 0 Å². The van der Waals surface area contributed by atoms with Gasteiger partial charge < -0.3 is 0 Å². The quantitative estimate of drug-likeness (QED) is 0.169. The van der Waals surface area contributed by atoms with Gasteiger partial charge in [0.1, 0.15) is 0 Å². The molecule has 0 bridgehead atoms. The molecular formula is C29H38NO2+. The van der Waals surface area contributed by atoms with Crippen LogP contribution < -0.4 is 9.57 Å². The lowest BCUT2D eigenvalue weighted by atomic mass is 10.2. The zero-order valence-corrected chi connectivity index (χ0v) is 19.5. The highest BCUT2D eigenvalue weighted by atomic mass is 16.7. The molecule has 0 fully saturated rings. The zero-order chi connectivity index (χ0) is 22.7. The summed E-state index contributed by atoms with van der Waals surface area (Å²) in [5.41, 5.74) is 0.892. The molecule has 0 N–H and O–H groups in total. The molecule has 1 heterocycles. The fraction of sp³-hybridized carbons (Fsp3) is 0.379. The van der Waals surface area contributed by atoms with Gasteiger partial charge in [0, 0.05) is 16.9 Å². The van der Waals surface area contributed by atoms with E-state index in [-0.39, 0.29) is 5.97 Å². The van der Waals surface area contributed by atoms with Gasteiger partial charge in [-0.3, -0.25) is 0 Å². The number of rotatable bonds is 15. The maximum atomic E-state index is 12.1. The number of nitrogens with zero attached hydrogens (tertiary/aromatic N) is 1. The number of para-hydroxylation sites is 1. The normalized spacial score (nSPS) is 12.2. The Morgan fingerprint density at radius 2 is 1.38 bits per heavy atom. The van der Waals surface area contributed by atoms with Crippen LogP contribution in [0.15, 0.2) is 91.2 Å². The number of carbonyl (C=O) groups is 1. The molecule has 0 aliphatic rings. The molecular weight excluding hydrogens is 394 g/mol. The van der Waals surface area contributed by atoms with Gasteiger partial charge in [-0.15, -0.1) is 0 Å². The fourth-order valence-corrected chi connectivity index (χ4v) is 3.29.